The van der Waals surface area contributed by atoms with Crippen molar-refractivity contribution in [2.45, 2.75) is 267 Å². The summed E-state index contributed by atoms with van der Waals surface area (Å²) in [6.07, 6.45) is 36.1. The Kier molecular flexibility index (Phi) is 38.4. The summed E-state index contributed by atoms with van der Waals surface area (Å²) in [5, 5.41) is 86.4. The maximum Gasteiger partial charge on any atom is 0.220 e. The first kappa shape index (κ1) is 63.8. The number of carbonyl (C=O) groups excluding carboxylic acids is 1. The van der Waals surface area contributed by atoms with Crippen molar-refractivity contribution in [3.63, 3.8) is 0 Å². The second-order valence-electron chi connectivity index (χ2n) is 19.3. The van der Waals surface area contributed by atoms with Crippen molar-refractivity contribution in [3.8, 4) is 0 Å². The maximum absolute atomic E-state index is 13.1. The van der Waals surface area contributed by atoms with E-state index in [0.717, 1.165) is 51.4 Å². The van der Waals surface area contributed by atoms with E-state index in [2.05, 4.69) is 67.8 Å². The molecule has 0 spiro atoms. The largest absolute Gasteiger partial charge is 0.394 e. The normalized spacial score (nSPS) is 26.4. The van der Waals surface area contributed by atoms with E-state index >= 15 is 0 Å². The molecular weight excluding hydrogens is 895 g/mol. The molecule has 0 aromatic rings. The molecule has 12 unspecified atom stereocenters. The number of carbonyl (C=O) groups is 1. The van der Waals surface area contributed by atoms with E-state index in [4.69, 9.17) is 18.9 Å². The van der Waals surface area contributed by atoms with Crippen LogP contribution in [-0.2, 0) is 23.7 Å². The van der Waals surface area contributed by atoms with Crippen molar-refractivity contribution in [2.75, 3.05) is 19.8 Å². The fraction of sp³-hybridized carbons (Fsp3) is 0.804. The molecule has 0 aromatic carbocycles. The van der Waals surface area contributed by atoms with Gasteiger partial charge in [0, 0.05) is 6.42 Å². The van der Waals surface area contributed by atoms with Crippen LogP contribution >= 0.6 is 0 Å². The standard InChI is InChI=1S/C56H99NO13/c1-3-5-7-9-11-12-13-14-15-16-17-18-19-20-21-22-23-24-25-26-27-28-29-30-31-32-34-36-38-40-48(61)57-44(45(60)39-37-35-33-10-8-6-4-2)43-67-55-53(66)51(64)54(47(42-59)69-55)70-56-52(65)50(63)49(62)46(41-58)68-56/h8,10,13-14,16-17,19-20,37,39,44-47,49-56,58-60,62-66H,3-7,9,11-12,15,18,21-36,38,40-43H2,1-2H3,(H,57,61)/b10-8+,14-13-,17-16-,20-19-,39-37+. The molecule has 14 heteroatoms. The molecule has 9 N–H and O–H groups in total. The molecule has 1 amide bonds. The summed E-state index contributed by atoms with van der Waals surface area (Å²) in [6, 6.07) is -0.930. The summed E-state index contributed by atoms with van der Waals surface area (Å²) in [5.74, 6) is -0.257. The highest BCUT2D eigenvalue weighted by molar-refractivity contribution is 5.76. The van der Waals surface area contributed by atoms with Crippen molar-refractivity contribution in [3.05, 3.63) is 60.8 Å². The van der Waals surface area contributed by atoms with Gasteiger partial charge in [0.05, 0.1) is 32.0 Å². The first-order valence-electron chi connectivity index (χ1n) is 27.5. The molecule has 12 atom stereocenters. The van der Waals surface area contributed by atoms with E-state index in [0.29, 0.717) is 12.8 Å². The van der Waals surface area contributed by atoms with Crippen molar-refractivity contribution >= 4 is 5.91 Å². The van der Waals surface area contributed by atoms with Crippen molar-refractivity contribution < 1.29 is 64.6 Å². The van der Waals surface area contributed by atoms with Gasteiger partial charge in [0.2, 0.25) is 5.91 Å². The minimum absolute atomic E-state index is 0.257. The van der Waals surface area contributed by atoms with Gasteiger partial charge < -0.3 is 65.1 Å². The van der Waals surface area contributed by atoms with Gasteiger partial charge in [0.15, 0.2) is 12.6 Å². The number of unbranched alkanes of at least 4 members (excludes halogenated alkanes) is 21. The van der Waals surface area contributed by atoms with E-state index in [9.17, 15) is 45.6 Å². The van der Waals surface area contributed by atoms with Crippen molar-refractivity contribution in [1.82, 2.24) is 5.32 Å². The molecule has 2 heterocycles. The van der Waals surface area contributed by atoms with Gasteiger partial charge in [0.25, 0.3) is 0 Å². The van der Waals surface area contributed by atoms with Crippen molar-refractivity contribution in [1.29, 1.82) is 0 Å². The molecule has 2 fully saturated rings. The third kappa shape index (κ3) is 28.2. The van der Waals surface area contributed by atoms with Gasteiger partial charge in [-0.05, 0) is 64.2 Å². The Bertz CT molecular complexity index is 1410. The van der Waals surface area contributed by atoms with Crippen LogP contribution < -0.4 is 5.32 Å². The molecule has 70 heavy (non-hydrogen) atoms. The van der Waals surface area contributed by atoms with E-state index in [1.165, 1.54) is 109 Å². The summed E-state index contributed by atoms with van der Waals surface area (Å²) in [4.78, 5) is 13.1. The fourth-order valence-electron chi connectivity index (χ4n) is 8.67. The van der Waals surface area contributed by atoms with Gasteiger partial charge >= 0.3 is 0 Å². The van der Waals surface area contributed by atoms with Gasteiger partial charge in [-0.2, -0.15) is 0 Å². The lowest BCUT2D eigenvalue weighted by Crippen LogP contribution is -2.65. The van der Waals surface area contributed by atoms with Crippen LogP contribution in [0.5, 0.6) is 0 Å². The third-order valence-electron chi connectivity index (χ3n) is 13.2. The maximum atomic E-state index is 13.1. The van der Waals surface area contributed by atoms with Gasteiger partial charge in [-0.1, -0.05) is 184 Å². The SMILES string of the molecule is CCC/C=C/CC/C=C/C(O)C(COC1OC(CO)C(OC2OC(CO)C(O)C(O)C2O)C(O)C1O)NC(=O)CCCCCCCCCCCCCCCC/C=C\C/C=C\C/C=C\CCCCCCC. The molecule has 2 saturated heterocycles. The summed E-state index contributed by atoms with van der Waals surface area (Å²) >= 11 is 0. The van der Waals surface area contributed by atoms with Crippen LogP contribution in [-0.4, -0.2) is 140 Å². The Morgan fingerprint density at radius 3 is 1.54 bits per heavy atom. The van der Waals surface area contributed by atoms with Crippen LogP contribution in [0.1, 0.15) is 194 Å². The van der Waals surface area contributed by atoms with E-state index < -0.39 is 86.8 Å². The second-order valence-corrected chi connectivity index (χ2v) is 19.3. The van der Waals surface area contributed by atoms with Crippen LogP contribution in [0.3, 0.4) is 0 Å². The molecule has 2 aliphatic rings. The summed E-state index contributed by atoms with van der Waals surface area (Å²) in [6.45, 7) is 2.63. The van der Waals surface area contributed by atoms with Crippen LogP contribution in [0, 0.1) is 0 Å². The molecular formula is C56H99NO13. The molecule has 14 nitrogen and oxygen atoms in total. The Labute approximate surface area is 422 Å². The lowest BCUT2D eigenvalue weighted by molar-refractivity contribution is -0.359. The fourth-order valence-corrected chi connectivity index (χ4v) is 8.67. The molecule has 2 rings (SSSR count). The van der Waals surface area contributed by atoms with Gasteiger partial charge in [-0.25, -0.2) is 0 Å². The van der Waals surface area contributed by atoms with Gasteiger partial charge in [-0.15, -0.1) is 0 Å². The number of aliphatic hydroxyl groups is 8. The number of nitrogens with one attached hydrogen (secondary N) is 1. The molecule has 0 radical (unpaired) electrons. The molecule has 0 saturated carbocycles. The summed E-state index contributed by atoms with van der Waals surface area (Å²) < 4.78 is 22.6. The monoisotopic (exact) mass is 994 g/mol. The molecule has 406 valence electrons. The number of ether oxygens (including phenoxy) is 4. The summed E-state index contributed by atoms with van der Waals surface area (Å²) in [7, 11) is 0. The van der Waals surface area contributed by atoms with E-state index in [1.54, 1.807) is 6.08 Å². The first-order chi connectivity index (χ1) is 34.1. The van der Waals surface area contributed by atoms with E-state index in [1.807, 2.05) is 6.08 Å². The predicted octanol–water partition coefficient (Wildman–Crippen LogP) is 8.22. The number of hydrogen-bond acceptors (Lipinski definition) is 13. The van der Waals surface area contributed by atoms with Crippen molar-refractivity contribution in [2.24, 2.45) is 0 Å². The topological polar surface area (TPSA) is 228 Å². The Balaban J connectivity index is 1.64. The first-order valence-corrected chi connectivity index (χ1v) is 27.5. The zero-order valence-electron chi connectivity index (χ0n) is 43.2. The highest BCUT2D eigenvalue weighted by atomic mass is 16.7. The van der Waals surface area contributed by atoms with Gasteiger partial charge in [-0.3, -0.25) is 4.79 Å². The Morgan fingerprint density at radius 1 is 0.514 bits per heavy atom. The summed E-state index contributed by atoms with van der Waals surface area (Å²) in [5.41, 5.74) is 0. The minimum atomic E-state index is -1.79. The second kappa shape index (κ2) is 42.1. The number of aliphatic hydroxyl groups excluding tert-OH is 8. The van der Waals surface area contributed by atoms with Crippen LogP contribution in [0.25, 0.3) is 0 Å². The Hall–Kier alpha value is -2.31. The van der Waals surface area contributed by atoms with Crippen LogP contribution in [0.4, 0.5) is 0 Å². The van der Waals surface area contributed by atoms with Gasteiger partial charge in [0.1, 0.15) is 48.8 Å². The number of amides is 1. The molecule has 0 aliphatic carbocycles. The molecule has 0 bridgehead atoms. The average Bonchev–Trinajstić information content (AvgIpc) is 3.36. The predicted molar refractivity (Wildman–Crippen MR) is 277 cm³/mol. The zero-order valence-corrected chi connectivity index (χ0v) is 43.2. The highest BCUT2D eigenvalue weighted by Gasteiger charge is 2.51. The minimum Gasteiger partial charge on any atom is -0.394 e. The highest BCUT2D eigenvalue weighted by Crippen LogP contribution is 2.30. The number of allylic oxidation sites excluding steroid dienone is 9. The van der Waals surface area contributed by atoms with Crippen LogP contribution in [0.15, 0.2) is 60.8 Å². The van der Waals surface area contributed by atoms with Crippen LogP contribution in [0.2, 0.25) is 0 Å². The average molecular weight is 994 g/mol. The quantitative estimate of drug-likeness (QED) is 0.0208. The zero-order chi connectivity index (χ0) is 51.0. The number of rotatable bonds is 42. The van der Waals surface area contributed by atoms with E-state index in [-0.39, 0.29) is 18.9 Å². The molecule has 2 aliphatic heterocycles. The number of hydrogen-bond donors (Lipinski definition) is 9. The molecule has 0 aromatic heterocycles. The third-order valence-corrected chi connectivity index (χ3v) is 13.2. The lowest BCUT2D eigenvalue weighted by atomic mass is 9.97. The lowest BCUT2D eigenvalue weighted by Gasteiger charge is -2.46. The Morgan fingerprint density at radius 2 is 0.986 bits per heavy atom. The smallest absolute Gasteiger partial charge is 0.220 e.